The number of aromatic hydroxyl groups is 1. The summed E-state index contributed by atoms with van der Waals surface area (Å²) in [5.74, 6) is -0.0269. The molecule has 162 valence electrons. The minimum atomic E-state index is -0.850. The van der Waals surface area contributed by atoms with Gasteiger partial charge in [0.1, 0.15) is 0 Å². The zero-order chi connectivity index (χ0) is 20.8. The molecular formula is C24H35FO4. The van der Waals surface area contributed by atoms with E-state index in [2.05, 4.69) is 6.92 Å². The van der Waals surface area contributed by atoms with Gasteiger partial charge in [0.15, 0.2) is 17.3 Å². The average Bonchev–Trinajstić information content (AvgIpc) is 2.73. The Labute approximate surface area is 173 Å². The number of carbonyl (C=O) groups is 1. The Balaban J connectivity index is 1.48. The first-order valence-electron chi connectivity index (χ1n) is 11.3. The van der Waals surface area contributed by atoms with Crippen molar-refractivity contribution in [1.82, 2.24) is 0 Å². The van der Waals surface area contributed by atoms with Crippen LogP contribution in [-0.2, 0) is 4.74 Å². The molecule has 1 saturated carbocycles. The largest absolute Gasteiger partial charge is 0.504 e. The maximum absolute atomic E-state index is 14.2. The second-order valence-corrected chi connectivity index (χ2v) is 8.72. The van der Waals surface area contributed by atoms with Gasteiger partial charge in [-0.25, -0.2) is 0 Å². The molecule has 0 bridgehead atoms. The quantitative estimate of drug-likeness (QED) is 0.546. The van der Waals surface area contributed by atoms with Gasteiger partial charge in [-0.2, -0.15) is 4.39 Å². The van der Waals surface area contributed by atoms with Gasteiger partial charge in [-0.1, -0.05) is 13.3 Å². The van der Waals surface area contributed by atoms with Crippen LogP contribution in [0.3, 0.4) is 0 Å². The zero-order valence-electron chi connectivity index (χ0n) is 17.8. The van der Waals surface area contributed by atoms with Crippen LogP contribution in [0.15, 0.2) is 12.1 Å². The fourth-order valence-electron chi connectivity index (χ4n) is 5.01. The van der Waals surface area contributed by atoms with Crippen LogP contribution >= 0.6 is 0 Å². The summed E-state index contributed by atoms with van der Waals surface area (Å²) in [6.45, 7) is 5.18. The second-order valence-electron chi connectivity index (χ2n) is 8.72. The molecule has 1 saturated heterocycles. The van der Waals surface area contributed by atoms with Crippen LogP contribution in [-0.4, -0.2) is 30.2 Å². The summed E-state index contributed by atoms with van der Waals surface area (Å²) in [4.78, 5) is 12.6. The molecule has 1 heterocycles. The van der Waals surface area contributed by atoms with Gasteiger partial charge < -0.3 is 14.6 Å². The van der Waals surface area contributed by atoms with E-state index in [9.17, 15) is 14.3 Å². The summed E-state index contributed by atoms with van der Waals surface area (Å²) in [6, 6.07) is 2.90. The van der Waals surface area contributed by atoms with Gasteiger partial charge in [0, 0.05) is 13.0 Å². The molecule has 2 atom stereocenters. The first-order chi connectivity index (χ1) is 14.0. The van der Waals surface area contributed by atoms with Crippen molar-refractivity contribution in [1.29, 1.82) is 0 Å². The first kappa shape index (κ1) is 22.1. The van der Waals surface area contributed by atoms with Gasteiger partial charge >= 0.3 is 0 Å². The van der Waals surface area contributed by atoms with E-state index < -0.39 is 11.6 Å². The molecule has 3 rings (SSSR count). The Morgan fingerprint density at radius 3 is 2.48 bits per heavy atom. The number of benzene rings is 1. The lowest BCUT2D eigenvalue weighted by Gasteiger charge is -2.37. The highest BCUT2D eigenvalue weighted by molar-refractivity contribution is 5.99. The molecule has 2 aliphatic rings. The van der Waals surface area contributed by atoms with E-state index in [0.29, 0.717) is 31.0 Å². The average molecular weight is 407 g/mol. The third-order valence-electron chi connectivity index (χ3n) is 6.67. The van der Waals surface area contributed by atoms with Crippen molar-refractivity contribution < 1.29 is 23.8 Å². The molecular weight excluding hydrogens is 371 g/mol. The number of ketones is 1. The minimum absolute atomic E-state index is 0.0179. The van der Waals surface area contributed by atoms with Gasteiger partial charge in [0.05, 0.1) is 18.3 Å². The van der Waals surface area contributed by atoms with Crippen LogP contribution in [0.25, 0.3) is 0 Å². The fraction of sp³-hybridized carbons (Fsp3) is 0.708. The van der Waals surface area contributed by atoms with Gasteiger partial charge in [-0.3, -0.25) is 4.79 Å². The topological polar surface area (TPSA) is 55.8 Å². The van der Waals surface area contributed by atoms with E-state index in [1.54, 1.807) is 6.92 Å². The van der Waals surface area contributed by atoms with E-state index >= 15 is 0 Å². The van der Waals surface area contributed by atoms with Gasteiger partial charge in [-0.15, -0.1) is 0 Å². The third-order valence-corrected chi connectivity index (χ3v) is 6.67. The number of phenols is 1. The molecule has 1 aliphatic heterocycles. The Morgan fingerprint density at radius 1 is 1.14 bits per heavy atom. The SMILES string of the molecule is CCCC1CCC(C2CCC(CC(=O)c3ccc(OCC)c(F)c3O)CC2)OC1. The molecule has 0 amide bonds. The summed E-state index contributed by atoms with van der Waals surface area (Å²) >= 11 is 0. The normalized spacial score (nSPS) is 27.6. The summed E-state index contributed by atoms with van der Waals surface area (Å²) in [6.07, 6.45) is 9.84. The molecule has 0 radical (unpaired) electrons. The van der Waals surface area contributed by atoms with Crippen molar-refractivity contribution in [3.8, 4) is 11.5 Å². The zero-order valence-corrected chi connectivity index (χ0v) is 17.8. The number of halogens is 1. The van der Waals surface area contributed by atoms with Crippen molar-refractivity contribution in [2.24, 2.45) is 17.8 Å². The molecule has 1 N–H and O–H groups in total. The third kappa shape index (κ3) is 5.50. The lowest BCUT2D eigenvalue weighted by atomic mass is 9.75. The summed E-state index contributed by atoms with van der Waals surface area (Å²) in [7, 11) is 0. The lowest BCUT2D eigenvalue weighted by molar-refractivity contribution is -0.0593. The number of hydrogen-bond donors (Lipinski definition) is 1. The standard InChI is InChI=1S/C24H35FO4/c1-3-5-17-8-12-21(29-15-17)18-9-6-16(7-10-18)14-20(26)19-11-13-22(28-4-2)23(25)24(19)27/h11,13,16-18,21,27H,3-10,12,14-15H2,1-2H3. The van der Waals surface area contributed by atoms with Gasteiger partial charge in [0.25, 0.3) is 0 Å². The number of ether oxygens (including phenoxy) is 2. The van der Waals surface area contributed by atoms with Crippen LogP contribution < -0.4 is 4.74 Å². The fourth-order valence-corrected chi connectivity index (χ4v) is 5.01. The molecule has 29 heavy (non-hydrogen) atoms. The van der Waals surface area contributed by atoms with E-state index in [0.717, 1.165) is 44.6 Å². The smallest absolute Gasteiger partial charge is 0.207 e. The molecule has 1 aromatic rings. The van der Waals surface area contributed by atoms with Crippen LogP contribution in [0.4, 0.5) is 4.39 Å². The highest BCUT2D eigenvalue weighted by Gasteiger charge is 2.32. The van der Waals surface area contributed by atoms with Crippen LogP contribution in [0.5, 0.6) is 11.5 Å². The molecule has 1 aliphatic carbocycles. The number of hydrogen-bond acceptors (Lipinski definition) is 4. The molecule has 2 unspecified atom stereocenters. The molecule has 2 fully saturated rings. The van der Waals surface area contributed by atoms with E-state index in [-0.39, 0.29) is 17.1 Å². The van der Waals surface area contributed by atoms with Gasteiger partial charge in [-0.05, 0) is 81.8 Å². The van der Waals surface area contributed by atoms with Gasteiger partial charge in [0.2, 0.25) is 5.82 Å². The Morgan fingerprint density at radius 2 is 1.86 bits per heavy atom. The van der Waals surface area contributed by atoms with Crippen LogP contribution in [0.1, 0.15) is 82.0 Å². The van der Waals surface area contributed by atoms with Crippen molar-refractivity contribution in [2.75, 3.05) is 13.2 Å². The van der Waals surface area contributed by atoms with E-state index in [1.165, 1.54) is 31.4 Å². The minimum Gasteiger partial charge on any atom is -0.504 e. The van der Waals surface area contributed by atoms with Crippen molar-refractivity contribution >= 4 is 5.78 Å². The molecule has 5 heteroatoms. The van der Waals surface area contributed by atoms with Crippen LogP contribution in [0.2, 0.25) is 0 Å². The second kappa shape index (κ2) is 10.4. The lowest BCUT2D eigenvalue weighted by Crippen LogP contribution is -2.34. The molecule has 4 nitrogen and oxygen atoms in total. The maximum atomic E-state index is 14.2. The number of rotatable bonds is 8. The number of phenolic OH excluding ortho intramolecular Hbond substituents is 1. The maximum Gasteiger partial charge on any atom is 0.207 e. The molecule has 1 aromatic carbocycles. The number of Topliss-reactive ketones (excluding diaryl/α,β-unsaturated/α-hetero) is 1. The first-order valence-corrected chi connectivity index (χ1v) is 11.3. The Kier molecular flexibility index (Phi) is 7.93. The Bertz CT molecular complexity index is 674. The molecule has 0 spiro atoms. The number of carbonyl (C=O) groups excluding carboxylic acids is 1. The highest BCUT2D eigenvalue weighted by Crippen LogP contribution is 2.39. The van der Waals surface area contributed by atoms with Crippen molar-refractivity contribution in [3.05, 3.63) is 23.5 Å². The summed E-state index contributed by atoms with van der Waals surface area (Å²) < 4.78 is 25.5. The predicted molar refractivity (Wildman–Crippen MR) is 111 cm³/mol. The van der Waals surface area contributed by atoms with Crippen LogP contribution in [0, 0.1) is 23.6 Å². The van der Waals surface area contributed by atoms with E-state index in [4.69, 9.17) is 9.47 Å². The monoisotopic (exact) mass is 406 g/mol. The van der Waals surface area contributed by atoms with E-state index in [1.807, 2.05) is 0 Å². The summed E-state index contributed by atoms with van der Waals surface area (Å²) in [5, 5.41) is 10.1. The highest BCUT2D eigenvalue weighted by atomic mass is 19.1. The Hall–Kier alpha value is -1.62. The van der Waals surface area contributed by atoms with Crippen molar-refractivity contribution in [2.45, 2.75) is 77.7 Å². The molecule has 0 aromatic heterocycles. The van der Waals surface area contributed by atoms with Crippen molar-refractivity contribution in [3.63, 3.8) is 0 Å². The predicted octanol–water partition coefficient (Wildman–Crippen LogP) is 5.90. The summed E-state index contributed by atoms with van der Waals surface area (Å²) in [5.41, 5.74) is 0.0608.